The van der Waals surface area contributed by atoms with Crippen molar-refractivity contribution in [3.8, 4) is 0 Å². The molecule has 3 aromatic rings. The average molecular weight is 269 g/mol. The molecule has 0 fully saturated rings. The van der Waals surface area contributed by atoms with Gasteiger partial charge < -0.3 is 0 Å². The number of rotatable bonds is 4. The van der Waals surface area contributed by atoms with Crippen molar-refractivity contribution in [1.82, 2.24) is 10.4 Å². The first-order valence-corrected chi connectivity index (χ1v) is 7.07. The lowest BCUT2D eigenvalue weighted by molar-refractivity contribution is 0.559. The molecule has 2 heterocycles. The van der Waals surface area contributed by atoms with Gasteiger partial charge in [0, 0.05) is 29.1 Å². The molecule has 1 aromatic carbocycles. The van der Waals surface area contributed by atoms with E-state index < -0.39 is 0 Å². The average Bonchev–Trinajstić information content (AvgIpc) is 2.97. The van der Waals surface area contributed by atoms with Gasteiger partial charge in [-0.3, -0.25) is 16.3 Å². The van der Waals surface area contributed by atoms with Crippen molar-refractivity contribution in [3.05, 3.63) is 64.6 Å². The summed E-state index contributed by atoms with van der Waals surface area (Å²) in [7, 11) is 0. The zero-order valence-corrected chi connectivity index (χ0v) is 11.2. The molecular weight excluding hydrogens is 254 g/mol. The van der Waals surface area contributed by atoms with E-state index >= 15 is 0 Å². The van der Waals surface area contributed by atoms with Crippen LogP contribution in [0.25, 0.3) is 10.8 Å². The van der Waals surface area contributed by atoms with E-state index in [4.69, 9.17) is 5.84 Å². The molecule has 0 aliphatic carbocycles. The molecule has 3 N–H and O–H groups in total. The molecule has 3 rings (SSSR count). The van der Waals surface area contributed by atoms with Crippen molar-refractivity contribution in [2.24, 2.45) is 5.84 Å². The number of nitrogens with two attached hydrogens (primary N) is 1. The Morgan fingerprint density at radius 2 is 2.16 bits per heavy atom. The number of fused-ring (bicyclic) bond motifs is 1. The van der Waals surface area contributed by atoms with Crippen molar-refractivity contribution in [2.45, 2.75) is 12.5 Å². The lowest BCUT2D eigenvalue weighted by Crippen LogP contribution is -2.29. The Balaban J connectivity index is 2.01. The smallest absolute Gasteiger partial charge is 0.0514 e. The molecule has 3 nitrogen and oxygen atoms in total. The monoisotopic (exact) mass is 269 g/mol. The molecule has 0 aliphatic rings. The second-order valence-corrected chi connectivity index (χ2v) is 5.48. The maximum Gasteiger partial charge on any atom is 0.0514 e. The van der Waals surface area contributed by atoms with Crippen LogP contribution in [0.4, 0.5) is 0 Å². The van der Waals surface area contributed by atoms with E-state index in [9.17, 15) is 0 Å². The summed E-state index contributed by atoms with van der Waals surface area (Å²) in [6.45, 7) is 0. The van der Waals surface area contributed by atoms with Gasteiger partial charge in [-0.15, -0.1) is 11.3 Å². The Kier molecular flexibility index (Phi) is 3.55. The molecule has 96 valence electrons. The number of thiophene rings is 1. The summed E-state index contributed by atoms with van der Waals surface area (Å²) in [5.74, 6) is 5.75. The van der Waals surface area contributed by atoms with Crippen LogP contribution in [-0.4, -0.2) is 4.98 Å². The number of nitrogens with zero attached hydrogens (tertiary/aromatic N) is 1. The lowest BCUT2D eigenvalue weighted by atomic mass is 9.98. The molecule has 0 saturated heterocycles. The molecule has 1 atom stereocenters. The van der Waals surface area contributed by atoms with Crippen molar-refractivity contribution in [3.63, 3.8) is 0 Å². The highest BCUT2D eigenvalue weighted by Crippen LogP contribution is 2.26. The first-order valence-electron chi connectivity index (χ1n) is 6.19. The first-order chi connectivity index (χ1) is 9.38. The zero-order chi connectivity index (χ0) is 13.1. The predicted molar refractivity (Wildman–Crippen MR) is 79.8 cm³/mol. The summed E-state index contributed by atoms with van der Waals surface area (Å²) in [6, 6.07) is 12.6. The van der Waals surface area contributed by atoms with Crippen LogP contribution < -0.4 is 11.3 Å². The second kappa shape index (κ2) is 5.48. The van der Waals surface area contributed by atoms with Crippen LogP contribution in [0, 0.1) is 0 Å². The van der Waals surface area contributed by atoms with Crippen molar-refractivity contribution in [2.75, 3.05) is 0 Å². The van der Waals surface area contributed by atoms with Gasteiger partial charge in [-0.1, -0.05) is 24.3 Å². The quantitative estimate of drug-likeness (QED) is 0.565. The number of hydrogen-bond acceptors (Lipinski definition) is 4. The Morgan fingerprint density at radius 1 is 1.21 bits per heavy atom. The van der Waals surface area contributed by atoms with Crippen LogP contribution in [0.5, 0.6) is 0 Å². The predicted octanol–water partition coefficient (Wildman–Crippen LogP) is 3.04. The van der Waals surface area contributed by atoms with Crippen LogP contribution in [-0.2, 0) is 6.42 Å². The molecule has 0 amide bonds. The SMILES string of the molecule is NNC(Cc1cccs1)c1cccc2cnccc12. The van der Waals surface area contributed by atoms with Gasteiger partial charge in [0.25, 0.3) is 0 Å². The number of pyridine rings is 1. The number of benzene rings is 1. The minimum atomic E-state index is 0.116. The van der Waals surface area contributed by atoms with Crippen LogP contribution >= 0.6 is 11.3 Å². The largest absolute Gasteiger partial charge is 0.271 e. The molecule has 0 spiro atoms. The third-order valence-electron chi connectivity index (χ3n) is 3.28. The summed E-state index contributed by atoms with van der Waals surface area (Å²) in [4.78, 5) is 5.49. The van der Waals surface area contributed by atoms with E-state index in [1.165, 1.54) is 15.8 Å². The number of hydrazine groups is 1. The molecular formula is C15H15N3S. The fourth-order valence-electron chi connectivity index (χ4n) is 2.34. The van der Waals surface area contributed by atoms with Crippen LogP contribution in [0.3, 0.4) is 0 Å². The molecule has 0 aliphatic heterocycles. The summed E-state index contributed by atoms with van der Waals surface area (Å²) in [5, 5.41) is 4.44. The Labute approximate surface area is 116 Å². The van der Waals surface area contributed by atoms with Gasteiger partial charge >= 0.3 is 0 Å². The maximum atomic E-state index is 5.75. The standard InChI is InChI=1S/C15H15N3S/c16-18-15(9-12-4-2-8-19-12)14-5-1-3-11-10-17-7-6-13(11)14/h1-8,10,15,18H,9,16H2. The summed E-state index contributed by atoms with van der Waals surface area (Å²) < 4.78 is 0. The minimum absolute atomic E-state index is 0.116. The van der Waals surface area contributed by atoms with Crippen LogP contribution in [0.2, 0.25) is 0 Å². The van der Waals surface area contributed by atoms with Gasteiger partial charge in [-0.2, -0.15) is 0 Å². The van der Waals surface area contributed by atoms with Crippen molar-refractivity contribution >= 4 is 22.1 Å². The van der Waals surface area contributed by atoms with Gasteiger partial charge in [0.2, 0.25) is 0 Å². The highest BCUT2D eigenvalue weighted by atomic mass is 32.1. The van der Waals surface area contributed by atoms with Gasteiger partial charge in [-0.25, -0.2) is 0 Å². The number of aromatic nitrogens is 1. The van der Waals surface area contributed by atoms with E-state index in [0.717, 1.165) is 11.8 Å². The fraction of sp³-hybridized carbons (Fsp3) is 0.133. The fourth-order valence-corrected chi connectivity index (χ4v) is 3.09. The number of nitrogens with one attached hydrogen (secondary N) is 1. The maximum absolute atomic E-state index is 5.75. The summed E-state index contributed by atoms with van der Waals surface area (Å²) in [5.41, 5.74) is 4.15. The van der Waals surface area contributed by atoms with Gasteiger partial charge in [0.1, 0.15) is 0 Å². The number of hydrogen-bond donors (Lipinski definition) is 2. The molecule has 19 heavy (non-hydrogen) atoms. The molecule has 1 unspecified atom stereocenters. The Bertz CT molecular complexity index is 659. The van der Waals surface area contributed by atoms with Crippen molar-refractivity contribution in [1.29, 1.82) is 0 Å². The Hall–Kier alpha value is -1.75. The lowest BCUT2D eigenvalue weighted by Gasteiger charge is -2.17. The second-order valence-electron chi connectivity index (χ2n) is 4.45. The third kappa shape index (κ3) is 2.51. The third-order valence-corrected chi connectivity index (χ3v) is 4.18. The van der Waals surface area contributed by atoms with Crippen molar-refractivity contribution < 1.29 is 0 Å². The van der Waals surface area contributed by atoms with Crippen LogP contribution in [0.15, 0.2) is 54.2 Å². The highest BCUT2D eigenvalue weighted by Gasteiger charge is 2.13. The summed E-state index contributed by atoms with van der Waals surface area (Å²) >= 11 is 1.76. The van der Waals surface area contributed by atoms with E-state index in [2.05, 4.69) is 46.1 Å². The molecule has 0 radical (unpaired) electrons. The van der Waals surface area contributed by atoms with E-state index in [0.29, 0.717) is 0 Å². The zero-order valence-electron chi connectivity index (χ0n) is 10.4. The normalized spacial score (nSPS) is 12.7. The van der Waals surface area contributed by atoms with E-state index in [1.807, 2.05) is 18.5 Å². The molecule has 2 aromatic heterocycles. The molecule has 4 heteroatoms. The van der Waals surface area contributed by atoms with Gasteiger partial charge in [0.15, 0.2) is 0 Å². The Morgan fingerprint density at radius 3 is 2.95 bits per heavy atom. The summed E-state index contributed by atoms with van der Waals surface area (Å²) in [6.07, 6.45) is 4.61. The van der Waals surface area contributed by atoms with Gasteiger partial charge in [-0.05, 0) is 28.5 Å². The van der Waals surface area contributed by atoms with E-state index in [-0.39, 0.29) is 6.04 Å². The minimum Gasteiger partial charge on any atom is -0.271 e. The van der Waals surface area contributed by atoms with Gasteiger partial charge in [0.05, 0.1) is 6.04 Å². The molecule has 0 bridgehead atoms. The first kappa shape index (κ1) is 12.3. The topological polar surface area (TPSA) is 50.9 Å². The van der Waals surface area contributed by atoms with Crippen LogP contribution in [0.1, 0.15) is 16.5 Å². The molecule has 0 saturated carbocycles. The van der Waals surface area contributed by atoms with E-state index in [1.54, 1.807) is 11.3 Å². The highest BCUT2D eigenvalue weighted by molar-refractivity contribution is 7.09.